The van der Waals surface area contributed by atoms with Crippen LogP contribution in [0.3, 0.4) is 0 Å². The molecule has 1 aliphatic rings. The number of rotatable bonds is 5. The van der Waals surface area contributed by atoms with Gasteiger partial charge in [-0.15, -0.1) is 0 Å². The number of benzene rings is 2. The number of carbonyl (C=O) groups excluding carboxylic acids is 2. The van der Waals surface area contributed by atoms with E-state index in [0.29, 0.717) is 27.4 Å². The summed E-state index contributed by atoms with van der Waals surface area (Å²) in [4.78, 5) is 27.1. The third-order valence-electron chi connectivity index (χ3n) is 4.84. The SMILES string of the molecule is CC(NC(=O)c1ccccc1N(C)C(=O)c1ccc(Br)o1)c1ccc2c(c1)OCO2. The van der Waals surface area contributed by atoms with Gasteiger partial charge in [0.05, 0.1) is 17.3 Å². The van der Waals surface area contributed by atoms with E-state index in [1.165, 1.54) is 4.90 Å². The minimum absolute atomic E-state index is 0.174. The van der Waals surface area contributed by atoms with Gasteiger partial charge in [-0.3, -0.25) is 9.59 Å². The highest BCUT2D eigenvalue weighted by atomic mass is 79.9. The summed E-state index contributed by atoms with van der Waals surface area (Å²) in [5, 5.41) is 2.98. The second-order valence-corrected chi connectivity index (χ2v) is 7.57. The highest BCUT2D eigenvalue weighted by molar-refractivity contribution is 9.10. The molecule has 1 N–H and O–H groups in total. The van der Waals surface area contributed by atoms with Crippen molar-refractivity contribution in [3.05, 3.63) is 76.2 Å². The molecule has 0 spiro atoms. The maximum atomic E-state index is 13.0. The average Bonchev–Trinajstić information content (AvgIpc) is 3.40. The van der Waals surface area contributed by atoms with Crippen molar-refractivity contribution < 1.29 is 23.5 Å². The van der Waals surface area contributed by atoms with Crippen LogP contribution >= 0.6 is 15.9 Å². The molecule has 4 rings (SSSR count). The molecule has 1 unspecified atom stereocenters. The molecule has 7 nitrogen and oxygen atoms in total. The molecular formula is C22H19BrN2O5. The number of nitrogens with zero attached hydrogens (tertiary/aromatic N) is 1. The molecule has 1 atom stereocenters. The molecule has 3 aromatic rings. The molecule has 1 aromatic heterocycles. The number of hydrogen-bond acceptors (Lipinski definition) is 5. The third kappa shape index (κ3) is 3.91. The molecule has 154 valence electrons. The number of fused-ring (bicyclic) bond motifs is 1. The van der Waals surface area contributed by atoms with E-state index in [2.05, 4.69) is 21.2 Å². The highest BCUT2D eigenvalue weighted by Gasteiger charge is 2.23. The quantitative estimate of drug-likeness (QED) is 0.591. The van der Waals surface area contributed by atoms with Crippen molar-refractivity contribution in [1.82, 2.24) is 5.32 Å². The van der Waals surface area contributed by atoms with Gasteiger partial charge >= 0.3 is 0 Å². The first-order valence-electron chi connectivity index (χ1n) is 9.27. The van der Waals surface area contributed by atoms with Crippen LogP contribution in [0.1, 0.15) is 39.4 Å². The van der Waals surface area contributed by atoms with Crippen LogP contribution in [-0.2, 0) is 0 Å². The van der Waals surface area contributed by atoms with E-state index in [0.717, 1.165) is 5.56 Å². The zero-order valence-electron chi connectivity index (χ0n) is 16.3. The van der Waals surface area contributed by atoms with Crippen LogP contribution in [0, 0.1) is 0 Å². The van der Waals surface area contributed by atoms with Gasteiger partial charge in [0.2, 0.25) is 6.79 Å². The molecule has 0 bridgehead atoms. The molecule has 0 radical (unpaired) electrons. The lowest BCUT2D eigenvalue weighted by Crippen LogP contribution is -2.31. The van der Waals surface area contributed by atoms with E-state index in [1.54, 1.807) is 43.4 Å². The van der Waals surface area contributed by atoms with Crippen molar-refractivity contribution in [2.24, 2.45) is 0 Å². The topological polar surface area (TPSA) is 81.0 Å². The lowest BCUT2D eigenvalue weighted by atomic mass is 10.1. The van der Waals surface area contributed by atoms with Gasteiger partial charge < -0.3 is 24.1 Å². The highest BCUT2D eigenvalue weighted by Crippen LogP contribution is 2.34. The number of anilines is 1. The second-order valence-electron chi connectivity index (χ2n) is 6.79. The minimum Gasteiger partial charge on any atom is -0.454 e. The average molecular weight is 471 g/mol. The van der Waals surface area contributed by atoms with Gasteiger partial charge in [0.25, 0.3) is 11.8 Å². The lowest BCUT2D eigenvalue weighted by molar-refractivity contribution is 0.0940. The summed E-state index contributed by atoms with van der Waals surface area (Å²) < 4.78 is 16.5. The van der Waals surface area contributed by atoms with Crippen molar-refractivity contribution in [1.29, 1.82) is 0 Å². The summed E-state index contributed by atoms with van der Waals surface area (Å²) in [7, 11) is 1.60. The van der Waals surface area contributed by atoms with Gasteiger partial charge in [0.15, 0.2) is 21.9 Å². The van der Waals surface area contributed by atoms with Crippen molar-refractivity contribution in [3.63, 3.8) is 0 Å². The van der Waals surface area contributed by atoms with Crippen LogP contribution in [-0.4, -0.2) is 25.7 Å². The first kappa shape index (κ1) is 20.0. The molecule has 0 fully saturated rings. The van der Waals surface area contributed by atoms with Gasteiger partial charge in [-0.05, 0) is 64.8 Å². The second kappa shape index (κ2) is 8.23. The molecule has 2 aromatic carbocycles. The number of para-hydroxylation sites is 1. The van der Waals surface area contributed by atoms with E-state index >= 15 is 0 Å². The Bertz CT molecular complexity index is 1110. The first-order chi connectivity index (χ1) is 14.4. The molecule has 0 aliphatic carbocycles. The number of nitrogens with one attached hydrogen (secondary N) is 1. The Kier molecular flexibility index (Phi) is 5.50. The molecule has 0 saturated carbocycles. The van der Waals surface area contributed by atoms with Crippen molar-refractivity contribution >= 4 is 33.4 Å². The predicted octanol–water partition coefficient (Wildman–Crippen LogP) is 4.54. The van der Waals surface area contributed by atoms with Crippen LogP contribution in [0.15, 0.2) is 63.7 Å². The summed E-state index contributed by atoms with van der Waals surface area (Å²) in [6.45, 7) is 2.08. The summed E-state index contributed by atoms with van der Waals surface area (Å²) in [5.41, 5.74) is 1.74. The summed E-state index contributed by atoms with van der Waals surface area (Å²) in [6, 6.07) is 15.4. The van der Waals surface area contributed by atoms with Crippen LogP contribution in [0.4, 0.5) is 5.69 Å². The third-order valence-corrected chi connectivity index (χ3v) is 5.27. The minimum atomic E-state index is -0.357. The summed E-state index contributed by atoms with van der Waals surface area (Å²) in [6.07, 6.45) is 0. The van der Waals surface area contributed by atoms with Gasteiger partial charge in [0.1, 0.15) is 0 Å². The maximum Gasteiger partial charge on any atom is 0.293 e. The fourth-order valence-corrected chi connectivity index (χ4v) is 3.51. The molecule has 30 heavy (non-hydrogen) atoms. The van der Waals surface area contributed by atoms with E-state index < -0.39 is 0 Å². The largest absolute Gasteiger partial charge is 0.454 e. The monoisotopic (exact) mass is 470 g/mol. The van der Waals surface area contributed by atoms with Crippen molar-refractivity contribution in [2.45, 2.75) is 13.0 Å². The summed E-state index contributed by atoms with van der Waals surface area (Å²) >= 11 is 3.19. The molecule has 8 heteroatoms. The van der Waals surface area contributed by atoms with Crippen molar-refractivity contribution in [2.75, 3.05) is 18.7 Å². The molecular weight excluding hydrogens is 452 g/mol. The number of hydrogen-bond donors (Lipinski definition) is 1. The fraction of sp³-hybridized carbons (Fsp3) is 0.182. The number of halogens is 1. The van der Waals surface area contributed by atoms with Gasteiger partial charge in [0, 0.05) is 7.05 Å². The number of carbonyl (C=O) groups is 2. The Hall–Kier alpha value is -3.26. The zero-order chi connectivity index (χ0) is 21.3. The normalized spacial score (nSPS) is 13.0. The number of ether oxygens (including phenoxy) is 2. The number of furan rings is 1. The smallest absolute Gasteiger partial charge is 0.293 e. The maximum absolute atomic E-state index is 13.0. The Balaban J connectivity index is 1.54. The molecule has 2 amide bonds. The Labute approximate surface area is 181 Å². The summed E-state index contributed by atoms with van der Waals surface area (Å²) in [5.74, 6) is 0.866. The van der Waals surface area contributed by atoms with E-state index in [9.17, 15) is 9.59 Å². The standard InChI is InChI=1S/C22H19BrN2O5/c1-13(14-7-8-17-19(11-14)29-12-28-17)24-21(26)15-5-3-4-6-16(15)25(2)22(27)18-9-10-20(23)30-18/h3-11,13H,12H2,1-2H3,(H,24,26). The first-order valence-corrected chi connectivity index (χ1v) is 10.1. The van der Waals surface area contributed by atoms with Crippen LogP contribution in [0.25, 0.3) is 0 Å². The van der Waals surface area contributed by atoms with Crippen LogP contribution < -0.4 is 19.7 Å². The molecule has 2 heterocycles. The van der Waals surface area contributed by atoms with Crippen LogP contribution in [0.5, 0.6) is 11.5 Å². The van der Waals surface area contributed by atoms with Gasteiger partial charge in [-0.1, -0.05) is 18.2 Å². The fourth-order valence-electron chi connectivity index (χ4n) is 3.20. The zero-order valence-corrected chi connectivity index (χ0v) is 17.9. The van der Waals surface area contributed by atoms with E-state index in [4.69, 9.17) is 13.9 Å². The van der Waals surface area contributed by atoms with Crippen LogP contribution in [0.2, 0.25) is 0 Å². The predicted molar refractivity (Wildman–Crippen MR) is 114 cm³/mol. The molecule has 1 aliphatic heterocycles. The Morgan fingerprint density at radius 1 is 1.07 bits per heavy atom. The van der Waals surface area contributed by atoms with Gasteiger partial charge in [-0.2, -0.15) is 0 Å². The van der Waals surface area contributed by atoms with E-state index in [-0.39, 0.29) is 30.4 Å². The van der Waals surface area contributed by atoms with Crippen molar-refractivity contribution in [3.8, 4) is 11.5 Å². The Morgan fingerprint density at radius 2 is 1.83 bits per heavy atom. The molecule has 0 saturated heterocycles. The number of amides is 2. The van der Waals surface area contributed by atoms with Gasteiger partial charge in [-0.25, -0.2) is 0 Å². The van der Waals surface area contributed by atoms with E-state index in [1.807, 2.05) is 25.1 Å². The lowest BCUT2D eigenvalue weighted by Gasteiger charge is -2.21. The Morgan fingerprint density at radius 3 is 2.60 bits per heavy atom.